The second-order valence-electron chi connectivity index (χ2n) is 5.91. The van der Waals surface area contributed by atoms with Crippen LogP contribution in [-0.2, 0) is 13.1 Å². The minimum atomic E-state index is -0.105. The number of hydrogen-bond donors (Lipinski definition) is 2. The predicted octanol–water partition coefficient (Wildman–Crippen LogP) is 1.36. The molecule has 2 rings (SSSR count). The van der Waals surface area contributed by atoms with E-state index in [4.69, 9.17) is 5.73 Å². The van der Waals surface area contributed by atoms with Crippen LogP contribution in [0.5, 0.6) is 0 Å². The molecule has 0 aromatic carbocycles. The maximum absolute atomic E-state index is 12.1. The van der Waals surface area contributed by atoms with E-state index in [1.807, 2.05) is 18.5 Å². The van der Waals surface area contributed by atoms with Crippen LogP contribution in [0.2, 0.25) is 0 Å². The number of nitrogen functional groups attached to an aromatic ring is 1. The highest BCUT2D eigenvalue weighted by Gasteiger charge is 2.18. The van der Waals surface area contributed by atoms with Crippen molar-refractivity contribution >= 4 is 17.7 Å². The van der Waals surface area contributed by atoms with Gasteiger partial charge in [0.1, 0.15) is 25.1 Å². The number of allylic oxidation sites excluding steroid dienone is 1. The highest BCUT2D eigenvalue weighted by molar-refractivity contribution is 5.68. The Bertz CT molecular complexity index is 650. The van der Waals surface area contributed by atoms with Gasteiger partial charge in [0.05, 0.1) is 0 Å². The number of aromatic nitrogens is 2. The van der Waals surface area contributed by atoms with Crippen LogP contribution in [0.4, 0.5) is 11.5 Å². The van der Waals surface area contributed by atoms with Crippen molar-refractivity contribution in [1.29, 1.82) is 0 Å². The van der Waals surface area contributed by atoms with Crippen LogP contribution in [-0.4, -0.2) is 40.3 Å². The third kappa shape index (κ3) is 3.10. The summed E-state index contributed by atoms with van der Waals surface area (Å²) in [6, 6.07) is 0. The summed E-state index contributed by atoms with van der Waals surface area (Å²) in [4.78, 5) is 12.1. The number of nitrogens with zero attached hydrogens (tertiary/aromatic N) is 3. The van der Waals surface area contributed by atoms with E-state index in [1.165, 1.54) is 5.57 Å². The van der Waals surface area contributed by atoms with Crippen LogP contribution in [0, 0.1) is 5.92 Å². The maximum atomic E-state index is 12.1. The van der Waals surface area contributed by atoms with Crippen molar-refractivity contribution in [3.05, 3.63) is 22.0 Å². The van der Waals surface area contributed by atoms with Crippen LogP contribution < -0.4 is 16.6 Å². The average Bonchev–Trinajstić information content (AvgIpc) is 2.73. The molecule has 1 aliphatic rings. The van der Waals surface area contributed by atoms with Gasteiger partial charge in [-0.1, -0.05) is 12.5 Å². The second-order valence-corrected chi connectivity index (χ2v) is 5.91. The Hall–Kier alpha value is -1.98. The van der Waals surface area contributed by atoms with Crippen LogP contribution in [0.3, 0.4) is 0 Å². The lowest BCUT2D eigenvalue weighted by Crippen LogP contribution is -2.23. The van der Waals surface area contributed by atoms with Gasteiger partial charge < -0.3 is 11.1 Å². The van der Waals surface area contributed by atoms with Gasteiger partial charge in [0.2, 0.25) is 0 Å². The molecule has 0 spiro atoms. The van der Waals surface area contributed by atoms with Crippen LogP contribution in [0.25, 0.3) is 0 Å². The van der Waals surface area contributed by atoms with Crippen molar-refractivity contribution in [1.82, 2.24) is 9.36 Å². The van der Waals surface area contributed by atoms with Crippen molar-refractivity contribution < 1.29 is 4.58 Å². The number of rotatable bonds is 6. The van der Waals surface area contributed by atoms with Crippen molar-refractivity contribution in [3.63, 3.8) is 0 Å². The molecule has 1 unspecified atom stereocenters. The van der Waals surface area contributed by atoms with E-state index in [2.05, 4.69) is 36.2 Å². The van der Waals surface area contributed by atoms with E-state index in [1.54, 1.807) is 4.68 Å². The molecule has 0 saturated carbocycles. The van der Waals surface area contributed by atoms with Gasteiger partial charge in [-0.25, -0.2) is 9.26 Å². The molecule has 1 aromatic rings. The fourth-order valence-corrected chi connectivity index (χ4v) is 3.09. The van der Waals surface area contributed by atoms with Gasteiger partial charge in [0.25, 0.3) is 5.56 Å². The third-order valence-corrected chi connectivity index (χ3v) is 4.31. The molecular weight excluding hydrogens is 278 g/mol. The summed E-state index contributed by atoms with van der Waals surface area (Å²) in [6.07, 6.45) is 5.28. The van der Waals surface area contributed by atoms with Crippen molar-refractivity contribution in [2.75, 3.05) is 31.2 Å². The Morgan fingerprint density at radius 3 is 2.64 bits per heavy atom. The molecule has 0 saturated heterocycles. The van der Waals surface area contributed by atoms with Gasteiger partial charge in [-0.15, -0.1) is 0 Å². The average molecular weight is 306 g/mol. The minimum Gasteiger partial charge on any atom is -0.391 e. The van der Waals surface area contributed by atoms with Crippen molar-refractivity contribution in [2.24, 2.45) is 5.92 Å². The first-order valence-electron chi connectivity index (χ1n) is 8.06. The van der Waals surface area contributed by atoms with Crippen LogP contribution >= 0.6 is 0 Å². The largest absolute Gasteiger partial charge is 0.391 e. The first kappa shape index (κ1) is 16.4. The van der Waals surface area contributed by atoms with E-state index in [-0.39, 0.29) is 5.56 Å². The lowest BCUT2D eigenvalue weighted by molar-refractivity contribution is -0.499. The summed E-state index contributed by atoms with van der Waals surface area (Å²) < 4.78 is 5.81. The number of nitrogens with two attached hydrogens (primary N) is 1. The third-order valence-electron chi connectivity index (χ3n) is 4.31. The first-order valence-corrected chi connectivity index (χ1v) is 8.06. The van der Waals surface area contributed by atoms with Gasteiger partial charge in [-0.2, -0.15) is 0 Å². The van der Waals surface area contributed by atoms with Crippen LogP contribution in [0.1, 0.15) is 27.2 Å². The van der Waals surface area contributed by atoms with Gasteiger partial charge >= 0.3 is 0 Å². The summed E-state index contributed by atoms with van der Waals surface area (Å²) in [5.41, 5.74) is 7.63. The SMILES string of the molecule is CCn1c(NCCC2=CC=[N+](C)CC2C)c(N)c(=O)n1CC. The Kier molecular flexibility index (Phi) is 5.11. The standard InChI is InChI=1S/C16H27N5O/c1-5-20-15(14(17)16(22)21(20)6-2)18-9-7-13-8-10-19(4)11-12(13)3/h8,10,12H,5-7,9,11,17H2,1-4H3/p+1. The second kappa shape index (κ2) is 6.85. The molecule has 0 amide bonds. The van der Waals surface area contributed by atoms with Crippen LogP contribution in [0.15, 0.2) is 16.4 Å². The maximum Gasteiger partial charge on any atom is 0.292 e. The molecule has 22 heavy (non-hydrogen) atoms. The summed E-state index contributed by atoms with van der Waals surface area (Å²) >= 11 is 0. The fourth-order valence-electron chi connectivity index (χ4n) is 3.09. The highest BCUT2D eigenvalue weighted by atomic mass is 16.1. The normalized spacial score (nSPS) is 18.1. The lowest BCUT2D eigenvalue weighted by atomic mass is 9.96. The smallest absolute Gasteiger partial charge is 0.292 e. The Labute approximate surface area is 131 Å². The zero-order valence-electron chi connectivity index (χ0n) is 14.1. The number of nitrogens with one attached hydrogen (secondary N) is 1. The molecule has 122 valence electrons. The summed E-state index contributed by atoms with van der Waals surface area (Å²) in [6.45, 7) is 9.41. The first-order chi connectivity index (χ1) is 10.5. The van der Waals surface area contributed by atoms with Gasteiger partial charge in [-0.05, 0) is 20.3 Å². The number of anilines is 2. The molecule has 6 nitrogen and oxygen atoms in total. The summed E-state index contributed by atoms with van der Waals surface area (Å²) in [7, 11) is 2.09. The quantitative estimate of drug-likeness (QED) is 0.780. The van der Waals surface area contributed by atoms with E-state index in [9.17, 15) is 4.79 Å². The molecule has 2 heterocycles. The molecular formula is C16H28N5O+. The molecule has 0 fully saturated rings. The molecule has 1 atom stereocenters. The van der Waals surface area contributed by atoms with Gasteiger partial charge in [0, 0.05) is 31.6 Å². The fraction of sp³-hybridized carbons (Fsp3) is 0.625. The molecule has 6 heteroatoms. The van der Waals surface area contributed by atoms with E-state index in [0.29, 0.717) is 18.2 Å². The molecule has 0 radical (unpaired) electrons. The Morgan fingerprint density at radius 1 is 1.36 bits per heavy atom. The van der Waals surface area contributed by atoms with E-state index < -0.39 is 0 Å². The molecule has 0 aliphatic carbocycles. The monoisotopic (exact) mass is 306 g/mol. The molecule has 1 aliphatic heterocycles. The topological polar surface area (TPSA) is 68.0 Å². The Morgan fingerprint density at radius 2 is 2.05 bits per heavy atom. The lowest BCUT2D eigenvalue weighted by Gasteiger charge is -2.18. The summed E-state index contributed by atoms with van der Waals surface area (Å²) in [5.74, 6) is 1.31. The zero-order valence-corrected chi connectivity index (χ0v) is 14.1. The molecule has 1 aromatic heterocycles. The minimum absolute atomic E-state index is 0.105. The van der Waals surface area contributed by atoms with Gasteiger partial charge in [0.15, 0.2) is 6.21 Å². The molecule has 0 bridgehead atoms. The molecule has 3 N–H and O–H groups in total. The predicted molar refractivity (Wildman–Crippen MR) is 91.9 cm³/mol. The summed E-state index contributed by atoms with van der Waals surface area (Å²) in [5, 5.41) is 3.36. The van der Waals surface area contributed by atoms with E-state index >= 15 is 0 Å². The highest BCUT2D eigenvalue weighted by Crippen LogP contribution is 2.19. The van der Waals surface area contributed by atoms with Gasteiger partial charge in [-0.3, -0.25) is 9.48 Å². The number of hydrogen-bond acceptors (Lipinski definition) is 3. The Balaban J connectivity index is 2.08. The zero-order chi connectivity index (χ0) is 16.3. The van der Waals surface area contributed by atoms with Crippen molar-refractivity contribution in [3.8, 4) is 0 Å². The van der Waals surface area contributed by atoms with Crippen molar-refractivity contribution in [2.45, 2.75) is 40.3 Å². The van der Waals surface area contributed by atoms with E-state index in [0.717, 1.165) is 31.9 Å².